The van der Waals surface area contributed by atoms with Gasteiger partial charge in [0.2, 0.25) is 0 Å². The first kappa shape index (κ1) is 16.4. The van der Waals surface area contributed by atoms with Crippen LogP contribution in [0, 0.1) is 0 Å². The number of carbonyl (C=O) groups excluding carboxylic acids is 1. The minimum absolute atomic E-state index is 0.00639. The van der Waals surface area contributed by atoms with E-state index in [1.165, 1.54) is 0 Å². The Morgan fingerprint density at radius 2 is 2.00 bits per heavy atom. The third-order valence-corrected chi connectivity index (χ3v) is 3.21. The zero-order valence-electron chi connectivity index (χ0n) is 13.3. The molecule has 5 heteroatoms. The van der Waals surface area contributed by atoms with E-state index in [0.29, 0.717) is 17.9 Å². The van der Waals surface area contributed by atoms with E-state index in [-0.39, 0.29) is 17.4 Å². The Bertz CT molecular complexity index is 477. The summed E-state index contributed by atoms with van der Waals surface area (Å²) in [6.45, 7) is 12.9. The van der Waals surface area contributed by atoms with Gasteiger partial charge in [-0.15, -0.1) is 0 Å². The molecule has 5 nitrogen and oxygen atoms in total. The maximum absolute atomic E-state index is 12.6. The molecule has 1 aromatic rings. The van der Waals surface area contributed by atoms with Crippen molar-refractivity contribution in [3.8, 4) is 0 Å². The first-order valence-electron chi connectivity index (χ1n) is 7.00. The van der Waals surface area contributed by atoms with Crippen molar-refractivity contribution in [1.29, 1.82) is 0 Å². The van der Waals surface area contributed by atoms with Crippen LogP contribution in [0.15, 0.2) is 12.1 Å². The second kappa shape index (κ2) is 6.22. The van der Waals surface area contributed by atoms with Crippen LogP contribution in [0.4, 0.5) is 5.82 Å². The molecule has 0 aliphatic carbocycles. The molecule has 0 unspecified atom stereocenters. The molecule has 0 aromatic carbocycles. The maximum Gasteiger partial charge on any atom is 0.254 e. The lowest BCUT2D eigenvalue weighted by Gasteiger charge is -2.26. The average molecular weight is 278 g/mol. The van der Waals surface area contributed by atoms with Gasteiger partial charge in [0, 0.05) is 29.3 Å². The average Bonchev–Trinajstić information content (AvgIpc) is 2.37. The molecule has 3 N–H and O–H groups in total. The van der Waals surface area contributed by atoms with Gasteiger partial charge in [-0.05, 0) is 32.9 Å². The fraction of sp³-hybridized carbons (Fsp3) is 0.600. The van der Waals surface area contributed by atoms with Crippen molar-refractivity contribution in [2.75, 3.05) is 12.0 Å². The van der Waals surface area contributed by atoms with Crippen LogP contribution < -0.4 is 11.3 Å². The molecule has 0 radical (unpaired) electrons. The predicted octanol–water partition coefficient (Wildman–Crippen LogP) is 2.54. The molecule has 0 atom stereocenters. The van der Waals surface area contributed by atoms with Gasteiger partial charge in [-0.25, -0.2) is 10.8 Å². The third-order valence-electron chi connectivity index (χ3n) is 3.21. The minimum atomic E-state index is -0.142. The van der Waals surface area contributed by atoms with E-state index in [0.717, 1.165) is 5.69 Å². The van der Waals surface area contributed by atoms with E-state index in [4.69, 9.17) is 5.84 Å². The van der Waals surface area contributed by atoms with E-state index in [1.54, 1.807) is 6.07 Å². The Morgan fingerprint density at radius 1 is 1.40 bits per heavy atom. The summed E-state index contributed by atoms with van der Waals surface area (Å²) in [5.74, 6) is 5.98. The van der Waals surface area contributed by atoms with Crippen LogP contribution in [0.3, 0.4) is 0 Å². The number of nitrogens with zero attached hydrogens (tertiary/aromatic N) is 2. The molecular weight excluding hydrogens is 252 g/mol. The van der Waals surface area contributed by atoms with Gasteiger partial charge in [0.25, 0.3) is 5.91 Å². The Balaban J connectivity index is 3.27. The molecule has 1 rings (SSSR count). The molecule has 0 saturated carbocycles. The quantitative estimate of drug-likeness (QED) is 0.656. The molecule has 0 saturated heterocycles. The van der Waals surface area contributed by atoms with Crippen LogP contribution in [0.5, 0.6) is 0 Å². The van der Waals surface area contributed by atoms with Crippen LogP contribution in [0.2, 0.25) is 0 Å². The predicted molar refractivity (Wildman–Crippen MR) is 82.6 cm³/mol. The lowest BCUT2D eigenvalue weighted by Crippen LogP contribution is -2.37. The van der Waals surface area contributed by atoms with Crippen molar-refractivity contribution < 1.29 is 4.79 Å². The number of amides is 1. The van der Waals surface area contributed by atoms with Gasteiger partial charge in [-0.3, -0.25) is 4.79 Å². The monoisotopic (exact) mass is 278 g/mol. The number of nitrogens with two attached hydrogens (primary N) is 1. The zero-order chi connectivity index (χ0) is 15.5. The number of rotatable bonds is 4. The van der Waals surface area contributed by atoms with Crippen LogP contribution in [-0.2, 0) is 5.41 Å². The highest BCUT2D eigenvalue weighted by molar-refractivity contribution is 5.95. The number of nitrogens with one attached hydrogen (secondary N) is 1. The van der Waals surface area contributed by atoms with Gasteiger partial charge in [0.05, 0.1) is 0 Å². The topological polar surface area (TPSA) is 71.2 Å². The highest BCUT2D eigenvalue weighted by Crippen LogP contribution is 2.24. The van der Waals surface area contributed by atoms with Gasteiger partial charge in [0.1, 0.15) is 5.82 Å². The van der Waals surface area contributed by atoms with Crippen LogP contribution >= 0.6 is 0 Å². The maximum atomic E-state index is 12.6. The first-order chi connectivity index (χ1) is 9.20. The number of anilines is 1. The van der Waals surface area contributed by atoms with Crippen molar-refractivity contribution >= 4 is 11.7 Å². The number of hydrogen-bond acceptors (Lipinski definition) is 4. The standard InChI is InChI=1S/C15H26N4O/c1-7-19(10(2)3)14(20)11-8-12(15(4,5)6)17-13(9-11)18-16/h8-10H,7,16H2,1-6H3,(H,17,18). The lowest BCUT2D eigenvalue weighted by atomic mass is 9.90. The molecule has 1 amide bonds. The molecule has 20 heavy (non-hydrogen) atoms. The molecule has 1 heterocycles. The van der Waals surface area contributed by atoms with E-state index in [9.17, 15) is 4.79 Å². The van der Waals surface area contributed by atoms with E-state index in [1.807, 2.05) is 31.7 Å². The molecule has 0 fully saturated rings. The van der Waals surface area contributed by atoms with Gasteiger partial charge in [0.15, 0.2) is 0 Å². The molecule has 0 aliphatic heterocycles. The van der Waals surface area contributed by atoms with E-state index < -0.39 is 0 Å². The van der Waals surface area contributed by atoms with Crippen molar-refractivity contribution in [2.45, 2.75) is 53.0 Å². The molecule has 112 valence electrons. The van der Waals surface area contributed by atoms with E-state index in [2.05, 4.69) is 31.2 Å². The lowest BCUT2D eigenvalue weighted by molar-refractivity contribution is 0.0716. The fourth-order valence-corrected chi connectivity index (χ4v) is 2.02. The largest absolute Gasteiger partial charge is 0.336 e. The van der Waals surface area contributed by atoms with Crippen molar-refractivity contribution in [2.24, 2.45) is 5.84 Å². The molecule has 0 bridgehead atoms. The summed E-state index contributed by atoms with van der Waals surface area (Å²) in [6, 6.07) is 3.71. The molecule has 0 spiro atoms. The van der Waals surface area contributed by atoms with Crippen LogP contribution in [0.25, 0.3) is 0 Å². The third kappa shape index (κ3) is 3.70. The van der Waals surface area contributed by atoms with Crippen molar-refractivity contribution in [1.82, 2.24) is 9.88 Å². The highest BCUT2D eigenvalue weighted by atomic mass is 16.2. The highest BCUT2D eigenvalue weighted by Gasteiger charge is 2.22. The molecule has 1 aromatic heterocycles. The number of hydrogen-bond donors (Lipinski definition) is 2. The summed E-state index contributed by atoms with van der Waals surface area (Å²) in [4.78, 5) is 18.8. The summed E-state index contributed by atoms with van der Waals surface area (Å²) in [5.41, 5.74) is 3.86. The summed E-state index contributed by atoms with van der Waals surface area (Å²) >= 11 is 0. The Kier molecular flexibility index (Phi) is 5.11. The number of nitrogen functional groups attached to an aromatic ring is 1. The summed E-state index contributed by atoms with van der Waals surface area (Å²) < 4.78 is 0. The number of aromatic nitrogens is 1. The number of pyridine rings is 1. The van der Waals surface area contributed by atoms with E-state index >= 15 is 0 Å². The van der Waals surface area contributed by atoms with Crippen LogP contribution in [0.1, 0.15) is 57.6 Å². The zero-order valence-corrected chi connectivity index (χ0v) is 13.3. The summed E-state index contributed by atoms with van der Waals surface area (Å²) in [7, 11) is 0. The minimum Gasteiger partial charge on any atom is -0.336 e. The summed E-state index contributed by atoms with van der Waals surface area (Å²) in [5, 5.41) is 0. The normalized spacial score (nSPS) is 11.6. The van der Waals surface area contributed by atoms with Gasteiger partial charge < -0.3 is 10.3 Å². The Morgan fingerprint density at radius 3 is 2.40 bits per heavy atom. The molecule has 0 aliphatic rings. The SMILES string of the molecule is CCN(C(=O)c1cc(NN)nc(C(C)(C)C)c1)C(C)C. The smallest absolute Gasteiger partial charge is 0.254 e. The first-order valence-corrected chi connectivity index (χ1v) is 7.00. The second-order valence-electron chi connectivity index (χ2n) is 6.21. The Labute approximate surface area is 121 Å². The number of carbonyl (C=O) groups is 1. The number of hydrazine groups is 1. The van der Waals surface area contributed by atoms with Crippen molar-refractivity contribution in [3.63, 3.8) is 0 Å². The second-order valence-corrected chi connectivity index (χ2v) is 6.21. The van der Waals surface area contributed by atoms with Gasteiger partial charge in [-0.1, -0.05) is 20.8 Å². The van der Waals surface area contributed by atoms with Crippen LogP contribution in [-0.4, -0.2) is 28.4 Å². The fourth-order valence-electron chi connectivity index (χ4n) is 2.02. The Hall–Kier alpha value is -1.62. The summed E-state index contributed by atoms with van der Waals surface area (Å²) in [6.07, 6.45) is 0. The van der Waals surface area contributed by atoms with Gasteiger partial charge >= 0.3 is 0 Å². The van der Waals surface area contributed by atoms with Crippen molar-refractivity contribution in [3.05, 3.63) is 23.4 Å². The molecular formula is C15H26N4O. The van der Waals surface area contributed by atoms with Gasteiger partial charge in [-0.2, -0.15) is 0 Å².